The van der Waals surface area contributed by atoms with Gasteiger partial charge in [0.15, 0.2) is 0 Å². The summed E-state index contributed by atoms with van der Waals surface area (Å²) in [4.78, 5) is 44.9. The van der Waals surface area contributed by atoms with Crippen molar-refractivity contribution in [1.29, 1.82) is 0 Å². The smallest absolute Gasteiger partial charge is 0.311 e. The molecule has 0 bridgehead atoms. The summed E-state index contributed by atoms with van der Waals surface area (Å²) in [6.07, 6.45) is 4.63. The summed E-state index contributed by atoms with van der Waals surface area (Å²) in [7, 11) is 1.61. The van der Waals surface area contributed by atoms with Crippen LogP contribution in [0.3, 0.4) is 0 Å². The van der Waals surface area contributed by atoms with E-state index in [-0.39, 0.29) is 31.3 Å². The molecule has 0 unspecified atom stereocenters. The van der Waals surface area contributed by atoms with E-state index in [2.05, 4.69) is 0 Å². The number of hydrogen-bond donors (Lipinski definition) is 0. The third-order valence-corrected chi connectivity index (χ3v) is 7.36. The molecule has 1 aromatic carbocycles. The van der Waals surface area contributed by atoms with Crippen LogP contribution in [-0.2, 0) is 30.3 Å². The summed E-state index contributed by atoms with van der Waals surface area (Å²) in [6.45, 7) is 3.44. The second kappa shape index (κ2) is 11.7. The van der Waals surface area contributed by atoms with E-state index in [0.29, 0.717) is 38.3 Å². The number of esters is 1. The largest absolute Gasteiger partial charge is 0.467 e. The lowest BCUT2D eigenvalue weighted by molar-refractivity contribution is -0.154. The van der Waals surface area contributed by atoms with Gasteiger partial charge in [-0.2, -0.15) is 0 Å². The Morgan fingerprint density at radius 3 is 2.64 bits per heavy atom. The predicted molar refractivity (Wildman–Crippen MR) is 133 cm³/mol. The van der Waals surface area contributed by atoms with Crippen LogP contribution in [0, 0.1) is 5.92 Å². The van der Waals surface area contributed by atoms with Crippen LogP contribution in [-0.4, -0.2) is 66.5 Å². The Kier molecular flexibility index (Phi) is 8.46. The fourth-order valence-electron chi connectivity index (χ4n) is 5.73. The monoisotopic (exact) mass is 496 g/mol. The molecule has 1 spiro atoms. The fraction of sp³-hybridized carbons (Fsp3) is 0.536. The number of carbonyl (C=O) groups excluding carboxylic acids is 3. The van der Waals surface area contributed by atoms with Crippen LogP contribution in [0.25, 0.3) is 0 Å². The van der Waals surface area contributed by atoms with E-state index in [1.165, 1.54) is 6.26 Å². The Morgan fingerprint density at radius 1 is 1.14 bits per heavy atom. The van der Waals surface area contributed by atoms with Crippen molar-refractivity contribution in [2.45, 2.75) is 57.0 Å². The Balaban J connectivity index is 1.75. The molecule has 0 radical (unpaired) electrons. The van der Waals surface area contributed by atoms with Gasteiger partial charge in [0, 0.05) is 26.6 Å². The number of benzene rings is 1. The summed E-state index contributed by atoms with van der Waals surface area (Å²) < 4.78 is 16.5. The second-order valence-corrected chi connectivity index (χ2v) is 9.55. The molecule has 0 N–H and O–H groups in total. The molecule has 2 fully saturated rings. The van der Waals surface area contributed by atoms with E-state index in [4.69, 9.17) is 13.9 Å². The number of aryl methyl sites for hydroxylation is 1. The molecule has 2 aliphatic heterocycles. The van der Waals surface area contributed by atoms with Gasteiger partial charge in [-0.1, -0.05) is 30.3 Å². The van der Waals surface area contributed by atoms with E-state index < -0.39 is 23.5 Å². The van der Waals surface area contributed by atoms with Gasteiger partial charge in [-0.3, -0.25) is 14.4 Å². The van der Waals surface area contributed by atoms with Gasteiger partial charge in [0.25, 0.3) is 0 Å². The Morgan fingerprint density at radius 2 is 1.94 bits per heavy atom. The molecule has 2 aromatic rings. The molecular formula is C28H36N2O6. The normalized spacial score (nSPS) is 24.2. The summed E-state index contributed by atoms with van der Waals surface area (Å²) in [5.74, 6) is -0.874. The summed E-state index contributed by atoms with van der Waals surface area (Å²) in [5, 5.41) is 0. The molecule has 36 heavy (non-hydrogen) atoms. The van der Waals surface area contributed by atoms with Gasteiger partial charge in [-0.25, -0.2) is 0 Å². The zero-order valence-corrected chi connectivity index (χ0v) is 21.2. The topological polar surface area (TPSA) is 89.3 Å². The lowest BCUT2D eigenvalue weighted by atomic mass is 9.85. The highest BCUT2D eigenvalue weighted by Crippen LogP contribution is 2.51. The van der Waals surface area contributed by atoms with Crippen LogP contribution in [0.15, 0.2) is 53.1 Å². The minimum absolute atomic E-state index is 0.117. The van der Waals surface area contributed by atoms with Crippen LogP contribution in [0.1, 0.15) is 56.4 Å². The second-order valence-electron chi connectivity index (χ2n) is 9.55. The maximum absolute atomic E-state index is 14.2. The Hall–Kier alpha value is -3.13. The molecule has 3 heterocycles. The van der Waals surface area contributed by atoms with Crippen molar-refractivity contribution in [3.63, 3.8) is 0 Å². The zero-order chi connectivity index (χ0) is 25.5. The highest BCUT2D eigenvalue weighted by atomic mass is 16.5. The molecule has 2 saturated heterocycles. The van der Waals surface area contributed by atoms with Crippen molar-refractivity contribution in [2.75, 3.05) is 33.4 Å². The standard InChI is InChI=1S/C28H36N2O6/c1-3-35-26(32)22-20-28(15-7-8-16-29(27(28)33)17-19-34-2)30(25(22)23-12-9-18-36-23)24(31)14-13-21-10-5-4-6-11-21/h4-6,9-12,18,22,25H,3,7-8,13-17,19-20H2,1-2H3/t22-,25+,28-/m0/s1. The lowest BCUT2D eigenvalue weighted by Crippen LogP contribution is -2.58. The Labute approximate surface area is 212 Å². The summed E-state index contributed by atoms with van der Waals surface area (Å²) in [6, 6.07) is 12.6. The van der Waals surface area contributed by atoms with Crippen LogP contribution < -0.4 is 0 Å². The number of rotatable bonds is 9. The number of ether oxygens (including phenoxy) is 2. The van der Waals surface area contributed by atoms with Crippen molar-refractivity contribution < 1.29 is 28.3 Å². The number of furan rings is 1. The number of carbonyl (C=O) groups is 3. The first-order chi connectivity index (χ1) is 17.5. The molecule has 2 amide bonds. The first-order valence-electron chi connectivity index (χ1n) is 12.9. The first kappa shape index (κ1) is 25.9. The SMILES string of the molecule is CCOC(=O)[C@H]1C[C@]2(CCCCN(CCOC)C2=O)N(C(=O)CCc2ccccc2)[C@H]1c1ccco1. The first-order valence-corrected chi connectivity index (χ1v) is 12.9. The molecule has 1 aromatic heterocycles. The van der Waals surface area contributed by atoms with E-state index in [0.717, 1.165) is 18.4 Å². The molecular weight excluding hydrogens is 460 g/mol. The third-order valence-electron chi connectivity index (χ3n) is 7.36. The molecule has 8 nitrogen and oxygen atoms in total. The maximum Gasteiger partial charge on any atom is 0.311 e. The number of hydrogen-bond acceptors (Lipinski definition) is 6. The third kappa shape index (κ3) is 5.19. The van der Waals surface area contributed by atoms with Crippen molar-refractivity contribution in [3.8, 4) is 0 Å². The van der Waals surface area contributed by atoms with Gasteiger partial charge >= 0.3 is 5.97 Å². The zero-order valence-electron chi connectivity index (χ0n) is 21.2. The minimum Gasteiger partial charge on any atom is -0.467 e. The van der Waals surface area contributed by atoms with Crippen molar-refractivity contribution in [2.24, 2.45) is 5.92 Å². The van der Waals surface area contributed by atoms with E-state index in [1.807, 2.05) is 30.3 Å². The fourth-order valence-corrected chi connectivity index (χ4v) is 5.73. The van der Waals surface area contributed by atoms with Crippen LogP contribution in [0.2, 0.25) is 0 Å². The quantitative estimate of drug-likeness (QED) is 0.491. The minimum atomic E-state index is -1.13. The van der Waals surface area contributed by atoms with Crippen LogP contribution in [0.4, 0.5) is 0 Å². The van der Waals surface area contributed by atoms with E-state index in [1.54, 1.807) is 36.0 Å². The average molecular weight is 497 g/mol. The molecule has 3 atom stereocenters. The van der Waals surface area contributed by atoms with Gasteiger partial charge < -0.3 is 23.7 Å². The van der Waals surface area contributed by atoms with Crippen molar-refractivity contribution in [1.82, 2.24) is 9.80 Å². The number of nitrogens with zero attached hydrogens (tertiary/aromatic N) is 2. The Bertz CT molecular complexity index is 1020. The number of methoxy groups -OCH3 is 1. The number of likely N-dealkylation sites (tertiary alicyclic amines) is 2. The number of amides is 2. The van der Waals surface area contributed by atoms with E-state index in [9.17, 15) is 14.4 Å². The molecule has 4 rings (SSSR count). The predicted octanol–water partition coefficient (Wildman–Crippen LogP) is 3.76. The molecule has 194 valence electrons. The average Bonchev–Trinajstić information content (AvgIpc) is 3.50. The van der Waals surface area contributed by atoms with Gasteiger partial charge in [0.05, 0.1) is 25.4 Å². The highest BCUT2D eigenvalue weighted by molar-refractivity contribution is 5.94. The van der Waals surface area contributed by atoms with Gasteiger partial charge in [-0.05, 0) is 56.7 Å². The van der Waals surface area contributed by atoms with E-state index >= 15 is 0 Å². The highest BCUT2D eigenvalue weighted by Gasteiger charge is 2.62. The van der Waals surface area contributed by atoms with Gasteiger partial charge in [0.2, 0.25) is 11.8 Å². The lowest BCUT2D eigenvalue weighted by Gasteiger charge is -2.41. The summed E-state index contributed by atoms with van der Waals surface area (Å²) >= 11 is 0. The maximum atomic E-state index is 14.2. The molecule has 2 aliphatic rings. The molecule has 0 saturated carbocycles. The molecule has 8 heteroatoms. The van der Waals surface area contributed by atoms with Gasteiger partial charge in [-0.15, -0.1) is 0 Å². The van der Waals surface area contributed by atoms with Crippen LogP contribution in [0.5, 0.6) is 0 Å². The molecule has 0 aliphatic carbocycles. The van der Waals surface area contributed by atoms with Gasteiger partial charge in [0.1, 0.15) is 17.3 Å². The van der Waals surface area contributed by atoms with Crippen molar-refractivity contribution in [3.05, 3.63) is 60.1 Å². The van der Waals surface area contributed by atoms with Crippen LogP contribution >= 0.6 is 0 Å². The summed E-state index contributed by atoms with van der Waals surface area (Å²) in [5.41, 5.74) is -0.0862. The van der Waals surface area contributed by atoms with Crippen molar-refractivity contribution >= 4 is 17.8 Å².